The van der Waals surface area contributed by atoms with E-state index in [1.165, 1.54) is 6.08 Å². The van der Waals surface area contributed by atoms with E-state index in [9.17, 15) is 4.79 Å². The Morgan fingerprint density at radius 1 is 1.33 bits per heavy atom. The first-order chi connectivity index (χ1) is 5.88. The molecule has 0 bridgehead atoms. The average Bonchev–Trinajstić information content (AvgIpc) is 2.15. The van der Waals surface area contributed by atoms with Crippen LogP contribution in [0.25, 0.3) is 5.57 Å². The molecule has 0 unspecified atom stereocenters. The van der Waals surface area contributed by atoms with Crippen LogP contribution in [-0.4, -0.2) is 6.29 Å². The monoisotopic (exact) mass is 156 g/mol. The third-order valence-corrected chi connectivity index (χ3v) is 1.48. The lowest BCUT2D eigenvalue weighted by molar-refractivity contribution is -0.104. The zero-order valence-corrected chi connectivity index (χ0v) is 6.53. The minimum Gasteiger partial charge on any atom is -0.299 e. The van der Waals surface area contributed by atoms with Gasteiger partial charge >= 0.3 is 0 Å². The summed E-state index contributed by atoms with van der Waals surface area (Å²) in [7, 11) is 0. The Morgan fingerprint density at radius 3 is 2.50 bits per heavy atom. The van der Waals surface area contributed by atoms with Crippen molar-refractivity contribution in [3.8, 4) is 12.3 Å². The molecular formula is C11H8O. The summed E-state index contributed by atoms with van der Waals surface area (Å²) in [5.41, 5.74) is 1.51. The number of benzene rings is 1. The largest absolute Gasteiger partial charge is 0.299 e. The van der Waals surface area contributed by atoms with Crippen LogP contribution < -0.4 is 0 Å². The molecule has 0 amide bonds. The van der Waals surface area contributed by atoms with E-state index < -0.39 is 0 Å². The molecule has 0 aliphatic heterocycles. The van der Waals surface area contributed by atoms with Gasteiger partial charge in [-0.3, -0.25) is 4.79 Å². The topological polar surface area (TPSA) is 17.1 Å². The highest BCUT2D eigenvalue weighted by Gasteiger charge is 1.94. The fourth-order valence-electron chi connectivity index (χ4n) is 0.913. The van der Waals surface area contributed by atoms with Gasteiger partial charge in [0.1, 0.15) is 6.29 Å². The molecule has 0 fully saturated rings. The van der Waals surface area contributed by atoms with Gasteiger partial charge in [0, 0.05) is 5.57 Å². The molecule has 0 saturated heterocycles. The number of allylic oxidation sites excluding steroid dienone is 2. The van der Waals surface area contributed by atoms with E-state index in [0.29, 0.717) is 11.9 Å². The predicted octanol–water partition coefficient (Wildman–Crippen LogP) is 1.90. The number of carbonyl (C=O) groups is 1. The normalized spacial score (nSPS) is 10.4. The van der Waals surface area contributed by atoms with Gasteiger partial charge in [0.05, 0.1) is 0 Å². The smallest absolute Gasteiger partial charge is 0.144 e. The summed E-state index contributed by atoms with van der Waals surface area (Å²) >= 11 is 0. The molecule has 0 heterocycles. The van der Waals surface area contributed by atoms with Crippen LogP contribution in [0.3, 0.4) is 0 Å². The zero-order chi connectivity index (χ0) is 8.81. The lowest BCUT2D eigenvalue weighted by Gasteiger charge is -1.96. The third-order valence-electron chi connectivity index (χ3n) is 1.48. The van der Waals surface area contributed by atoms with Gasteiger partial charge in [-0.05, 0) is 11.6 Å². The van der Waals surface area contributed by atoms with Gasteiger partial charge in [0.2, 0.25) is 0 Å². The fourth-order valence-corrected chi connectivity index (χ4v) is 0.913. The first-order valence-corrected chi connectivity index (χ1v) is 3.56. The third kappa shape index (κ3) is 1.83. The molecule has 0 N–H and O–H groups in total. The number of aldehydes is 1. The fraction of sp³-hybridized carbons (Fsp3) is 0. The Kier molecular flexibility index (Phi) is 2.87. The Balaban J connectivity index is 3.06. The van der Waals surface area contributed by atoms with Crippen molar-refractivity contribution in [2.24, 2.45) is 0 Å². The summed E-state index contributed by atoms with van der Waals surface area (Å²) in [6, 6.07) is 9.40. The van der Waals surface area contributed by atoms with E-state index in [1.54, 1.807) is 0 Å². The first kappa shape index (κ1) is 8.29. The molecule has 1 nitrogen and oxygen atoms in total. The molecule has 58 valence electrons. The minimum atomic E-state index is 0.616. The number of rotatable bonds is 2. The van der Waals surface area contributed by atoms with Gasteiger partial charge in [-0.2, -0.15) is 0 Å². The molecule has 1 aromatic rings. The van der Waals surface area contributed by atoms with Gasteiger partial charge in [-0.15, -0.1) is 6.42 Å². The molecule has 12 heavy (non-hydrogen) atoms. The van der Waals surface area contributed by atoms with Crippen LogP contribution in [0.2, 0.25) is 0 Å². The predicted molar refractivity (Wildman–Crippen MR) is 49.3 cm³/mol. The Labute approximate surface area is 71.7 Å². The van der Waals surface area contributed by atoms with Gasteiger partial charge in [0.25, 0.3) is 0 Å². The highest BCUT2D eigenvalue weighted by atomic mass is 16.1. The molecule has 0 saturated carbocycles. The zero-order valence-electron chi connectivity index (χ0n) is 6.53. The van der Waals surface area contributed by atoms with Gasteiger partial charge in [-0.25, -0.2) is 0 Å². The van der Waals surface area contributed by atoms with E-state index >= 15 is 0 Å². The Morgan fingerprint density at radius 2 is 2.00 bits per heavy atom. The van der Waals surface area contributed by atoms with Crippen LogP contribution in [0.15, 0.2) is 36.4 Å². The van der Waals surface area contributed by atoms with Crippen LogP contribution in [0.4, 0.5) is 0 Å². The van der Waals surface area contributed by atoms with Crippen LogP contribution in [0.5, 0.6) is 0 Å². The molecule has 1 heteroatoms. The number of carbonyl (C=O) groups excluding carboxylic acids is 1. The molecule has 0 aromatic heterocycles. The molecule has 0 atom stereocenters. The second-order valence-electron chi connectivity index (χ2n) is 2.23. The summed E-state index contributed by atoms with van der Waals surface area (Å²) in [4.78, 5) is 10.2. The maximum Gasteiger partial charge on any atom is 0.144 e. The molecule has 1 rings (SSSR count). The lowest BCUT2D eigenvalue weighted by atomic mass is 10.1. The quantitative estimate of drug-likeness (QED) is 0.363. The molecule has 1 aromatic carbocycles. The van der Waals surface area contributed by atoms with Crippen molar-refractivity contribution < 1.29 is 4.79 Å². The minimum absolute atomic E-state index is 0.616. The van der Waals surface area contributed by atoms with Gasteiger partial charge in [0.15, 0.2) is 0 Å². The summed E-state index contributed by atoms with van der Waals surface area (Å²) in [5.74, 6) is 2.45. The SMILES string of the molecule is C#C/C(=C/C=O)c1ccccc1. The maximum atomic E-state index is 10.2. The second kappa shape index (κ2) is 4.15. The van der Waals surface area contributed by atoms with Crippen molar-refractivity contribution >= 4 is 11.9 Å². The van der Waals surface area contributed by atoms with Gasteiger partial charge < -0.3 is 0 Å². The lowest BCUT2D eigenvalue weighted by Crippen LogP contribution is -1.80. The molecule has 0 aliphatic rings. The molecule has 0 aliphatic carbocycles. The van der Waals surface area contributed by atoms with Crippen LogP contribution in [0, 0.1) is 12.3 Å². The van der Waals surface area contributed by atoms with Crippen LogP contribution in [-0.2, 0) is 4.79 Å². The highest BCUT2D eigenvalue weighted by molar-refractivity contribution is 5.88. The first-order valence-electron chi connectivity index (χ1n) is 3.56. The van der Waals surface area contributed by atoms with Crippen molar-refractivity contribution in [2.45, 2.75) is 0 Å². The van der Waals surface area contributed by atoms with E-state index in [0.717, 1.165) is 5.56 Å². The van der Waals surface area contributed by atoms with Gasteiger partial charge in [-0.1, -0.05) is 36.3 Å². The number of hydrogen-bond donors (Lipinski definition) is 0. The summed E-state index contributed by atoms with van der Waals surface area (Å²) in [6.07, 6.45) is 7.29. The van der Waals surface area contributed by atoms with Crippen LogP contribution in [0.1, 0.15) is 5.56 Å². The summed E-state index contributed by atoms with van der Waals surface area (Å²) in [5, 5.41) is 0. The van der Waals surface area contributed by atoms with Crippen molar-refractivity contribution in [1.29, 1.82) is 0 Å². The maximum absolute atomic E-state index is 10.2. The van der Waals surface area contributed by atoms with E-state index in [4.69, 9.17) is 6.42 Å². The molecule has 0 radical (unpaired) electrons. The number of terminal acetylenes is 1. The number of hydrogen-bond acceptors (Lipinski definition) is 1. The highest BCUT2D eigenvalue weighted by Crippen LogP contribution is 2.11. The van der Waals surface area contributed by atoms with Crippen molar-refractivity contribution in [3.63, 3.8) is 0 Å². The average molecular weight is 156 g/mol. The Bertz CT molecular complexity index is 328. The van der Waals surface area contributed by atoms with Crippen LogP contribution >= 0.6 is 0 Å². The summed E-state index contributed by atoms with van der Waals surface area (Å²) in [6.45, 7) is 0. The second-order valence-corrected chi connectivity index (χ2v) is 2.23. The standard InChI is InChI=1S/C11H8O/c1-2-10(8-9-12)11-6-4-3-5-7-11/h1,3-9H/b10-8-. The van der Waals surface area contributed by atoms with Crippen molar-refractivity contribution in [2.75, 3.05) is 0 Å². The molecular weight excluding hydrogens is 148 g/mol. The van der Waals surface area contributed by atoms with Crippen molar-refractivity contribution in [1.82, 2.24) is 0 Å². The molecule has 0 spiro atoms. The van der Waals surface area contributed by atoms with E-state index in [1.807, 2.05) is 30.3 Å². The van der Waals surface area contributed by atoms with E-state index in [2.05, 4.69) is 5.92 Å². The summed E-state index contributed by atoms with van der Waals surface area (Å²) < 4.78 is 0. The van der Waals surface area contributed by atoms with E-state index in [-0.39, 0.29) is 0 Å². The Hall–Kier alpha value is -1.81. The van der Waals surface area contributed by atoms with Crippen molar-refractivity contribution in [3.05, 3.63) is 42.0 Å².